The Balaban J connectivity index is 1.67. The number of carbonyl (C=O) groups is 2. The van der Waals surface area contributed by atoms with Crippen LogP contribution < -0.4 is 10.6 Å². The lowest BCUT2D eigenvalue weighted by Gasteiger charge is -2.39. The topological polar surface area (TPSA) is 126 Å². The van der Waals surface area contributed by atoms with E-state index < -0.39 is 10.8 Å². The van der Waals surface area contributed by atoms with Gasteiger partial charge in [0.25, 0.3) is 0 Å². The van der Waals surface area contributed by atoms with E-state index in [9.17, 15) is 9.59 Å². The first-order chi connectivity index (χ1) is 12.8. The number of aromatic nitrogens is 5. The maximum atomic E-state index is 13.0. The Morgan fingerprint density at radius 3 is 2.74 bits per heavy atom. The molecule has 0 aromatic carbocycles. The molecule has 1 saturated carbocycles. The third-order valence-electron chi connectivity index (χ3n) is 6.03. The summed E-state index contributed by atoms with van der Waals surface area (Å²) in [6, 6.07) is 0. The molecule has 0 radical (unpaired) electrons. The van der Waals surface area contributed by atoms with Crippen LogP contribution in [0.25, 0.3) is 11.5 Å². The van der Waals surface area contributed by atoms with Crippen molar-refractivity contribution >= 4 is 11.8 Å². The van der Waals surface area contributed by atoms with Crippen molar-refractivity contribution in [1.29, 1.82) is 0 Å². The average Bonchev–Trinajstić information content (AvgIpc) is 3.23. The highest BCUT2D eigenvalue weighted by Crippen LogP contribution is 2.56. The monoisotopic (exact) mass is 371 g/mol. The van der Waals surface area contributed by atoms with E-state index in [4.69, 9.17) is 0 Å². The predicted molar refractivity (Wildman–Crippen MR) is 97.9 cm³/mol. The molecule has 9 heteroatoms. The summed E-state index contributed by atoms with van der Waals surface area (Å²) < 4.78 is 0. The Bertz CT molecular complexity index is 833. The quantitative estimate of drug-likeness (QED) is 0.722. The lowest BCUT2D eigenvalue weighted by Crippen LogP contribution is -2.49. The highest BCUT2D eigenvalue weighted by atomic mass is 16.2. The zero-order valence-corrected chi connectivity index (χ0v) is 16.0. The van der Waals surface area contributed by atoms with Crippen LogP contribution in [0.2, 0.25) is 0 Å². The second-order valence-corrected chi connectivity index (χ2v) is 7.64. The Labute approximate surface area is 157 Å². The molecule has 0 bridgehead atoms. The van der Waals surface area contributed by atoms with Crippen LogP contribution in [0.1, 0.15) is 39.4 Å². The van der Waals surface area contributed by atoms with Crippen molar-refractivity contribution in [2.24, 2.45) is 16.7 Å². The first kappa shape index (κ1) is 18.9. The number of H-pyrrole nitrogens is 1. The largest absolute Gasteiger partial charge is 0.359 e. The van der Waals surface area contributed by atoms with Gasteiger partial charge in [0.15, 0.2) is 0 Å². The molecule has 3 rings (SSSR count). The van der Waals surface area contributed by atoms with E-state index in [0.717, 1.165) is 0 Å². The number of rotatable bonds is 5. The van der Waals surface area contributed by atoms with Crippen molar-refractivity contribution in [3.8, 4) is 11.5 Å². The minimum absolute atomic E-state index is 0.0135. The number of hydrogen-bond acceptors (Lipinski definition) is 6. The van der Waals surface area contributed by atoms with Gasteiger partial charge >= 0.3 is 0 Å². The second kappa shape index (κ2) is 7.05. The van der Waals surface area contributed by atoms with Crippen LogP contribution in [-0.4, -0.2) is 44.0 Å². The molecule has 2 atom stereocenters. The van der Waals surface area contributed by atoms with Gasteiger partial charge in [0.05, 0.1) is 18.2 Å². The Morgan fingerprint density at radius 2 is 2.07 bits per heavy atom. The third kappa shape index (κ3) is 3.29. The number of amides is 2. The number of aromatic amines is 1. The van der Waals surface area contributed by atoms with Crippen LogP contribution >= 0.6 is 0 Å². The molecule has 9 nitrogen and oxygen atoms in total. The van der Waals surface area contributed by atoms with Crippen molar-refractivity contribution in [3.05, 3.63) is 24.4 Å². The van der Waals surface area contributed by atoms with Gasteiger partial charge in [-0.3, -0.25) is 19.7 Å². The SMILES string of the molecule is CNC(=O)[C@H]1CC[C@@](C)(C(=O)NCc2nc(-c3cnccn3)n[nH]2)C1(C)C. The van der Waals surface area contributed by atoms with Gasteiger partial charge in [-0.15, -0.1) is 0 Å². The van der Waals surface area contributed by atoms with Gasteiger partial charge in [0.2, 0.25) is 17.6 Å². The molecule has 1 aliphatic carbocycles. The summed E-state index contributed by atoms with van der Waals surface area (Å²) in [6.45, 7) is 6.12. The fourth-order valence-electron chi connectivity index (χ4n) is 3.80. The van der Waals surface area contributed by atoms with Gasteiger partial charge in [0, 0.05) is 25.4 Å². The number of nitrogens with zero attached hydrogens (tertiary/aromatic N) is 4. The van der Waals surface area contributed by atoms with Crippen molar-refractivity contribution in [3.63, 3.8) is 0 Å². The maximum Gasteiger partial charge on any atom is 0.226 e. The minimum Gasteiger partial charge on any atom is -0.359 e. The van der Waals surface area contributed by atoms with Gasteiger partial charge in [-0.05, 0) is 18.3 Å². The fourth-order valence-corrected chi connectivity index (χ4v) is 3.80. The van der Waals surface area contributed by atoms with E-state index in [-0.39, 0.29) is 24.3 Å². The lowest BCUT2D eigenvalue weighted by molar-refractivity contribution is -0.139. The summed E-state index contributed by atoms with van der Waals surface area (Å²) in [5, 5.41) is 12.6. The number of hydrogen-bond donors (Lipinski definition) is 3. The highest BCUT2D eigenvalue weighted by Gasteiger charge is 2.57. The van der Waals surface area contributed by atoms with Crippen LogP contribution in [0.3, 0.4) is 0 Å². The van der Waals surface area contributed by atoms with Gasteiger partial charge < -0.3 is 10.6 Å². The van der Waals surface area contributed by atoms with Crippen LogP contribution in [0, 0.1) is 16.7 Å². The molecule has 0 spiro atoms. The summed E-state index contributed by atoms with van der Waals surface area (Å²) in [6.07, 6.45) is 6.07. The molecular weight excluding hydrogens is 346 g/mol. The van der Waals surface area contributed by atoms with E-state index >= 15 is 0 Å². The van der Waals surface area contributed by atoms with Crippen LogP contribution in [-0.2, 0) is 16.1 Å². The first-order valence-electron chi connectivity index (χ1n) is 8.97. The summed E-state index contributed by atoms with van der Waals surface area (Å²) in [7, 11) is 1.63. The van der Waals surface area contributed by atoms with Crippen molar-refractivity contribution in [2.45, 2.75) is 40.2 Å². The molecule has 27 heavy (non-hydrogen) atoms. The van der Waals surface area contributed by atoms with E-state index in [1.807, 2.05) is 20.8 Å². The average molecular weight is 371 g/mol. The lowest BCUT2D eigenvalue weighted by atomic mass is 9.65. The first-order valence-corrected chi connectivity index (χ1v) is 8.97. The van der Waals surface area contributed by atoms with Gasteiger partial charge in [-0.25, -0.2) is 9.97 Å². The van der Waals surface area contributed by atoms with Gasteiger partial charge in [-0.1, -0.05) is 20.8 Å². The molecule has 1 aliphatic rings. The van der Waals surface area contributed by atoms with E-state index in [0.29, 0.717) is 30.2 Å². The van der Waals surface area contributed by atoms with Crippen LogP contribution in [0.4, 0.5) is 0 Å². The summed E-state index contributed by atoms with van der Waals surface area (Å²) in [5.74, 6) is 0.675. The highest BCUT2D eigenvalue weighted by molar-refractivity contribution is 5.87. The fraction of sp³-hybridized carbons (Fsp3) is 0.556. The van der Waals surface area contributed by atoms with Crippen LogP contribution in [0.15, 0.2) is 18.6 Å². The van der Waals surface area contributed by atoms with Gasteiger partial charge in [0.1, 0.15) is 11.5 Å². The zero-order chi connectivity index (χ0) is 19.7. The summed E-state index contributed by atoms with van der Waals surface area (Å²) in [4.78, 5) is 37.6. The molecule has 0 unspecified atom stereocenters. The molecular formula is C18H25N7O2. The number of carbonyl (C=O) groups excluding carboxylic acids is 2. The van der Waals surface area contributed by atoms with Crippen LogP contribution in [0.5, 0.6) is 0 Å². The van der Waals surface area contributed by atoms with Crippen molar-refractivity contribution < 1.29 is 9.59 Å². The van der Waals surface area contributed by atoms with Crippen molar-refractivity contribution in [2.75, 3.05) is 7.05 Å². The summed E-state index contributed by atoms with van der Waals surface area (Å²) in [5.41, 5.74) is -0.537. The number of nitrogens with one attached hydrogen (secondary N) is 3. The molecule has 0 aliphatic heterocycles. The van der Waals surface area contributed by atoms with E-state index in [1.54, 1.807) is 25.6 Å². The second-order valence-electron chi connectivity index (χ2n) is 7.64. The zero-order valence-electron chi connectivity index (χ0n) is 16.0. The third-order valence-corrected chi connectivity index (χ3v) is 6.03. The van der Waals surface area contributed by atoms with Gasteiger partial charge in [-0.2, -0.15) is 5.10 Å². The maximum absolute atomic E-state index is 13.0. The molecule has 2 heterocycles. The minimum atomic E-state index is -0.641. The predicted octanol–water partition coefficient (Wildman–Crippen LogP) is 1.07. The molecule has 3 N–H and O–H groups in total. The Morgan fingerprint density at radius 1 is 1.30 bits per heavy atom. The molecule has 0 saturated heterocycles. The molecule has 144 valence electrons. The standard InChI is InChI=1S/C18H25N7O2/c1-17(2)11(15(26)19-4)5-6-18(17,3)16(27)22-10-13-23-14(25-24-13)12-9-20-7-8-21-12/h7-9,11H,5-6,10H2,1-4H3,(H,19,26)(H,22,27)(H,23,24,25)/t11-,18+/m1/s1. The normalized spacial score (nSPS) is 23.8. The molecule has 2 aromatic heterocycles. The Kier molecular flexibility index (Phi) is 4.95. The van der Waals surface area contributed by atoms with E-state index in [2.05, 4.69) is 35.8 Å². The smallest absolute Gasteiger partial charge is 0.226 e. The Hall–Kier alpha value is -2.84. The summed E-state index contributed by atoms with van der Waals surface area (Å²) >= 11 is 0. The molecule has 1 fully saturated rings. The molecule has 2 amide bonds. The molecule has 2 aromatic rings. The van der Waals surface area contributed by atoms with E-state index in [1.165, 1.54) is 0 Å². The van der Waals surface area contributed by atoms with Crippen molar-refractivity contribution in [1.82, 2.24) is 35.8 Å².